The fourth-order valence-corrected chi connectivity index (χ4v) is 1.54. The molecule has 1 rings (SSSR count). The van der Waals surface area contributed by atoms with Gasteiger partial charge in [-0.15, -0.1) is 0 Å². The van der Waals surface area contributed by atoms with Crippen molar-refractivity contribution < 1.29 is 23.1 Å². The number of halogens is 4. The zero-order valence-corrected chi connectivity index (χ0v) is 9.60. The van der Waals surface area contributed by atoms with Crippen LogP contribution in [-0.4, -0.2) is 16.2 Å². The van der Waals surface area contributed by atoms with Crippen molar-refractivity contribution in [3.05, 3.63) is 29.3 Å². The van der Waals surface area contributed by atoms with Crippen molar-refractivity contribution in [2.75, 3.05) is 5.33 Å². The van der Waals surface area contributed by atoms with Crippen LogP contribution in [0.25, 0.3) is 0 Å². The minimum Gasteiger partial charge on any atom is -0.507 e. The largest absolute Gasteiger partial charge is 0.507 e. The Morgan fingerprint density at radius 1 is 1.38 bits per heavy atom. The minimum absolute atomic E-state index is 0.0740. The molecule has 2 nitrogen and oxygen atoms in total. The molecule has 0 atom stereocenters. The molecule has 0 aromatic heterocycles. The number of aromatic hydroxyl groups is 1. The van der Waals surface area contributed by atoms with Crippen molar-refractivity contribution >= 4 is 21.7 Å². The monoisotopic (exact) mass is 296 g/mol. The summed E-state index contributed by atoms with van der Waals surface area (Å²) in [5.41, 5.74) is -1.06. The number of hydrogen-bond donors (Lipinski definition) is 1. The van der Waals surface area contributed by atoms with E-state index in [1.165, 1.54) is 0 Å². The van der Waals surface area contributed by atoms with Gasteiger partial charge in [0.05, 0.1) is 5.56 Å². The summed E-state index contributed by atoms with van der Waals surface area (Å²) in [5, 5.41) is 9.58. The van der Waals surface area contributed by atoms with Crippen LogP contribution in [0.1, 0.15) is 22.3 Å². The van der Waals surface area contributed by atoms with Crippen LogP contribution in [0.3, 0.4) is 0 Å². The molecule has 1 N–H and O–H groups in total. The molecule has 0 spiro atoms. The summed E-state index contributed by atoms with van der Waals surface area (Å²) >= 11 is 3.05. The van der Waals surface area contributed by atoms with Crippen molar-refractivity contribution in [3.8, 4) is 5.75 Å². The van der Waals surface area contributed by atoms with Gasteiger partial charge in [-0.05, 0) is 12.1 Å². The van der Waals surface area contributed by atoms with Gasteiger partial charge in [-0.25, -0.2) is 0 Å². The van der Waals surface area contributed by atoms with E-state index in [4.69, 9.17) is 5.11 Å². The first kappa shape index (κ1) is 13.0. The SMILES string of the molecule is O=C(CCBr)c1ccc(C(F)(F)F)c(O)c1. The van der Waals surface area contributed by atoms with E-state index in [0.29, 0.717) is 11.4 Å². The first-order valence-corrected chi connectivity index (χ1v) is 5.47. The topological polar surface area (TPSA) is 37.3 Å². The molecule has 0 amide bonds. The molecular weight excluding hydrogens is 289 g/mol. The number of carbonyl (C=O) groups is 1. The van der Waals surface area contributed by atoms with E-state index in [-0.39, 0.29) is 17.8 Å². The van der Waals surface area contributed by atoms with Gasteiger partial charge in [-0.1, -0.05) is 22.0 Å². The van der Waals surface area contributed by atoms with Crippen LogP contribution in [0.5, 0.6) is 5.75 Å². The van der Waals surface area contributed by atoms with E-state index in [9.17, 15) is 18.0 Å². The summed E-state index contributed by atoms with van der Waals surface area (Å²) in [7, 11) is 0. The van der Waals surface area contributed by atoms with E-state index in [1.54, 1.807) is 0 Å². The van der Waals surface area contributed by atoms with Gasteiger partial charge in [0.2, 0.25) is 0 Å². The molecule has 0 saturated carbocycles. The fraction of sp³-hybridized carbons (Fsp3) is 0.300. The van der Waals surface area contributed by atoms with Crippen LogP contribution in [0.2, 0.25) is 0 Å². The molecule has 0 aliphatic heterocycles. The molecular formula is C10H8BrF3O2. The summed E-state index contributed by atoms with van der Waals surface area (Å²) in [6.07, 6.45) is -4.44. The molecule has 0 fully saturated rings. The Morgan fingerprint density at radius 2 is 2.00 bits per heavy atom. The summed E-state index contributed by atoms with van der Waals surface area (Å²) in [6, 6.07) is 2.61. The van der Waals surface area contributed by atoms with Crippen LogP contribution in [0.4, 0.5) is 13.2 Å². The first-order chi connectivity index (χ1) is 7.36. The molecule has 16 heavy (non-hydrogen) atoms. The van der Waals surface area contributed by atoms with Crippen molar-refractivity contribution in [2.24, 2.45) is 0 Å². The van der Waals surface area contributed by atoms with E-state index in [2.05, 4.69) is 15.9 Å². The zero-order chi connectivity index (χ0) is 12.3. The van der Waals surface area contributed by atoms with E-state index < -0.39 is 17.5 Å². The molecule has 0 saturated heterocycles. The summed E-state index contributed by atoms with van der Waals surface area (Å²) in [5.74, 6) is -1.24. The van der Waals surface area contributed by atoms with E-state index in [1.807, 2.05) is 0 Å². The summed E-state index contributed by atoms with van der Waals surface area (Å²) < 4.78 is 36.8. The fourth-order valence-electron chi connectivity index (χ4n) is 1.17. The number of alkyl halides is 4. The third kappa shape index (κ3) is 2.98. The van der Waals surface area contributed by atoms with Gasteiger partial charge in [0.1, 0.15) is 5.75 Å². The molecule has 0 bridgehead atoms. The lowest BCUT2D eigenvalue weighted by molar-refractivity contribution is -0.138. The van der Waals surface area contributed by atoms with Gasteiger partial charge in [0.15, 0.2) is 5.78 Å². The molecule has 88 valence electrons. The predicted octanol–water partition coefficient (Wildman–Crippen LogP) is 3.38. The second-order valence-corrected chi connectivity index (χ2v) is 3.88. The molecule has 0 heterocycles. The van der Waals surface area contributed by atoms with Gasteiger partial charge in [-0.3, -0.25) is 4.79 Å². The average Bonchev–Trinajstić information content (AvgIpc) is 2.16. The maximum absolute atomic E-state index is 12.3. The number of benzene rings is 1. The average molecular weight is 297 g/mol. The van der Waals surface area contributed by atoms with Crippen molar-refractivity contribution in [1.82, 2.24) is 0 Å². The highest BCUT2D eigenvalue weighted by atomic mass is 79.9. The van der Waals surface area contributed by atoms with E-state index in [0.717, 1.165) is 12.1 Å². The van der Waals surface area contributed by atoms with Gasteiger partial charge < -0.3 is 5.11 Å². The number of rotatable bonds is 3. The van der Waals surface area contributed by atoms with Crippen LogP contribution < -0.4 is 0 Å². The lowest BCUT2D eigenvalue weighted by Crippen LogP contribution is -2.07. The molecule has 0 radical (unpaired) electrons. The Morgan fingerprint density at radius 3 is 2.44 bits per heavy atom. The molecule has 1 aromatic rings. The lowest BCUT2D eigenvalue weighted by atomic mass is 10.1. The standard InChI is InChI=1S/C10H8BrF3O2/c11-4-3-8(15)6-1-2-7(9(16)5-6)10(12,13)14/h1-2,5,16H,3-4H2. The number of Topliss-reactive ketones (excluding diaryl/α,β-unsaturated/α-hetero) is 1. The number of phenols is 1. The summed E-state index contributed by atoms with van der Waals surface area (Å²) in [4.78, 5) is 11.3. The Bertz CT molecular complexity index is 402. The lowest BCUT2D eigenvalue weighted by Gasteiger charge is -2.09. The Balaban J connectivity index is 3.05. The third-order valence-electron chi connectivity index (χ3n) is 1.95. The van der Waals surface area contributed by atoms with Gasteiger partial charge in [-0.2, -0.15) is 13.2 Å². The Labute approximate surface area is 98.2 Å². The Kier molecular flexibility index (Phi) is 3.96. The van der Waals surface area contributed by atoms with Gasteiger partial charge >= 0.3 is 6.18 Å². The number of carbonyl (C=O) groups excluding carboxylic acids is 1. The number of phenolic OH excluding ortho intramolecular Hbond substituents is 1. The minimum atomic E-state index is -4.61. The van der Waals surface area contributed by atoms with Crippen LogP contribution in [-0.2, 0) is 6.18 Å². The van der Waals surface area contributed by atoms with Gasteiger partial charge in [0, 0.05) is 17.3 Å². The Hall–Kier alpha value is -1.04. The van der Waals surface area contributed by atoms with E-state index >= 15 is 0 Å². The second kappa shape index (κ2) is 4.86. The smallest absolute Gasteiger partial charge is 0.419 e. The number of ketones is 1. The van der Waals surface area contributed by atoms with Crippen LogP contribution >= 0.6 is 15.9 Å². The summed E-state index contributed by atoms with van der Waals surface area (Å²) in [6.45, 7) is 0. The van der Waals surface area contributed by atoms with Gasteiger partial charge in [0.25, 0.3) is 0 Å². The first-order valence-electron chi connectivity index (χ1n) is 4.35. The maximum Gasteiger partial charge on any atom is 0.419 e. The maximum atomic E-state index is 12.3. The van der Waals surface area contributed by atoms with Crippen LogP contribution in [0, 0.1) is 0 Å². The second-order valence-electron chi connectivity index (χ2n) is 3.09. The van der Waals surface area contributed by atoms with Crippen molar-refractivity contribution in [1.29, 1.82) is 0 Å². The molecule has 6 heteroatoms. The highest BCUT2D eigenvalue weighted by molar-refractivity contribution is 9.09. The molecule has 0 aliphatic carbocycles. The third-order valence-corrected chi connectivity index (χ3v) is 2.34. The normalized spacial score (nSPS) is 11.5. The predicted molar refractivity (Wildman–Crippen MR) is 55.9 cm³/mol. The van der Waals surface area contributed by atoms with Crippen molar-refractivity contribution in [2.45, 2.75) is 12.6 Å². The highest BCUT2D eigenvalue weighted by Crippen LogP contribution is 2.36. The highest BCUT2D eigenvalue weighted by Gasteiger charge is 2.33. The molecule has 0 unspecified atom stereocenters. The molecule has 0 aliphatic rings. The van der Waals surface area contributed by atoms with Crippen LogP contribution in [0.15, 0.2) is 18.2 Å². The number of hydrogen-bond acceptors (Lipinski definition) is 2. The van der Waals surface area contributed by atoms with Crippen molar-refractivity contribution in [3.63, 3.8) is 0 Å². The molecule has 1 aromatic carbocycles. The zero-order valence-electron chi connectivity index (χ0n) is 8.01. The quantitative estimate of drug-likeness (QED) is 0.686.